The molecule has 0 aliphatic carbocycles. The SMILES string of the molecule is CCC/C(C=O)=C(\CC)N=CN. The molecule has 0 saturated heterocycles. The Hall–Kier alpha value is -1.12. The molecule has 0 fully saturated rings. The van der Waals surface area contributed by atoms with Gasteiger partial charge in [0.2, 0.25) is 0 Å². The van der Waals surface area contributed by atoms with Crippen LogP contribution in [-0.4, -0.2) is 12.6 Å². The molecule has 2 N–H and O–H groups in total. The van der Waals surface area contributed by atoms with Gasteiger partial charge in [-0.1, -0.05) is 20.3 Å². The summed E-state index contributed by atoms with van der Waals surface area (Å²) in [6, 6.07) is 0. The van der Waals surface area contributed by atoms with E-state index in [4.69, 9.17) is 5.73 Å². The topological polar surface area (TPSA) is 55.5 Å². The lowest BCUT2D eigenvalue weighted by atomic mass is 10.1. The first kappa shape index (κ1) is 10.9. The molecule has 0 aromatic rings. The molecular formula is C9H16N2O. The number of hydrogen-bond donors (Lipinski definition) is 1. The van der Waals surface area contributed by atoms with Gasteiger partial charge in [-0.05, 0) is 12.8 Å². The number of hydrogen-bond acceptors (Lipinski definition) is 2. The van der Waals surface area contributed by atoms with Crippen LogP contribution in [0, 0.1) is 0 Å². The molecule has 0 radical (unpaired) electrons. The molecular weight excluding hydrogens is 152 g/mol. The first-order chi connectivity index (χ1) is 5.79. The van der Waals surface area contributed by atoms with Crippen LogP contribution in [0.4, 0.5) is 0 Å². The summed E-state index contributed by atoms with van der Waals surface area (Å²) < 4.78 is 0. The zero-order chi connectivity index (χ0) is 9.40. The molecule has 68 valence electrons. The number of aliphatic imine (C=N–C) groups is 1. The minimum atomic E-state index is 0.752. The van der Waals surface area contributed by atoms with E-state index in [0.29, 0.717) is 0 Å². The molecule has 0 rings (SSSR count). The quantitative estimate of drug-likeness (QED) is 0.293. The Kier molecular flexibility index (Phi) is 5.97. The average Bonchev–Trinajstić information content (AvgIpc) is 2.11. The Morgan fingerprint density at radius 2 is 2.17 bits per heavy atom. The average molecular weight is 168 g/mol. The van der Waals surface area contributed by atoms with Gasteiger partial charge in [-0.25, -0.2) is 4.99 Å². The van der Waals surface area contributed by atoms with Crippen LogP contribution in [-0.2, 0) is 4.79 Å². The Labute approximate surface area is 73.4 Å². The second-order valence-electron chi connectivity index (χ2n) is 2.47. The van der Waals surface area contributed by atoms with Gasteiger partial charge in [0.25, 0.3) is 0 Å². The van der Waals surface area contributed by atoms with Crippen molar-refractivity contribution in [3.8, 4) is 0 Å². The highest BCUT2D eigenvalue weighted by molar-refractivity contribution is 5.75. The van der Waals surface area contributed by atoms with Crippen molar-refractivity contribution in [2.75, 3.05) is 0 Å². The fourth-order valence-electron chi connectivity index (χ4n) is 1.03. The number of aldehydes is 1. The van der Waals surface area contributed by atoms with E-state index in [1.165, 1.54) is 6.34 Å². The highest BCUT2D eigenvalue weighted by Crippen LogP contribution is 2.12. The number of nitrogens with two attached hydrogens (primary N) is 1. The van der Waals surface area contributed by atoms with Crippen molar-refractivity contribution < 1.29 is 4.79 Å². The largest absolute Gasteiger partial charge is 0.390 e. The zero-order valence-corrected chi connectivity index (χ0v) is 7.71. The molecule has 3 heteroatoms. The maximum atomic E-state index is 10.6. The predicted molar refractivity (Wildman–Crippen MR) is 51.0 cm³/mol. The summed E-state index contributed by atoms with van der Waals surface area (Å²) in [5.41, 5.74) is 6.72. The standard InChI is InChI=1S/C9H16N2O/c1-3-5-8(6-12)9(4-2)11-7-10/h6-7H,3-5H2,1-2H3,(H2,10,11)/b9-8-. The predicted octanol–water partition coefficient (Wildman–Crippen LogP) is 1.64. The summed E-state index contributed by atoms with van der Waals surface area (Å²) in [4.78, 5) is 14.5. The van der Waals surface area contributed by atoms with Crippen LogP contribution in [0.15, 0.2) is 16.3 Å². The summed E-state index contributed by atoms with van der Waals surface area (Å²) in [6.07, 6.45) is 4.59. The van der Waals surface area contributed by atoms with Crippen molar-refractivity contribution in [1.29, 1.82) is 0 Å². The Morgan fingerprint density at radius 3 is 2.50 bits per heavy atom. The van der Waals surface area contributed by atoms with Crippen LogP contribution < -0.4 is 5.73 Å². The van der Waals surface area contributed by atoms with Crippen LogP contribution in [0.1, 0.15) is 33.1 Å². The van der Waals surface area contributed by atoms with Gasteiger partial charge in [0.15, 0.2) is 0 Å². The second kappa shape index (κ2) is 6.58. The lowest BCUT2D eigenvalue weighted by molar-refractivity contribution is -0.105. The van der Waals surface area contributed by atoms with Gasteiger partial charge in [-0.15, -0.1) is 0 Å². The van der Waals surface area contributed by atoms with Crippen LogP contribution in [0.5, 0.6) is 0 Å². The van der Waals surface area contributed by atoms with Gasteiger partial charge >= 0.3 is 0 Å². The van der Waals surface area contributed by atoms with Gasteiger partial charge in [0.1, 0.15) is 6.29 Å². The molecule has 0 atom stereocenters. The van der Waals surface area contributed by atoms with Crippen LogP contribution in [0.25, 0.3) is 0 Å². The van der Waals surface area contributed by atoms with Crippen molar-refractivity contribution in [3.63, 3.8) is 0 Å². The third kappa shape index (κ3) is 3.32. The zero-order valence-electron chi connectivity index (χ0n) is 7.71. The van der Waals surface area contributed by atoms with Gasteiger partial charge in [-0.3, -0.25) is 4.79 Å². The van der Waals surface area contributed by atoms with Crippen molar-refractivity contribution in [3.05, 3.63) is 11.3 Å². The van der Waals surface area contributed by atoms with E-state index in [0.717, 1.165) is 36.8 Å². The Balaban J connectivity index is 4.60. The third-order valence-corrected chi connectivity index (χ3v) is 1.60. The van der Waals surface area contributed by atoms with E-state index in [-0.39, 0.29) is 0 Å². The van der Waals surface area contributed by atoms with Gasteiger partial charge in [0, 0.05) is 11.3 Å². The number of allylic oxidation sites excluding steroid dienone is 2. The molecule has 0 aliphatic heterocycles. The van der Waals surface area contributed by atoms with Crippen molar-refractivity contribution in [1.82, 2.24) is 0 Å². The van der Waals surface area contributed by atoms with E-state index in [2.05, 4.69) is 4.99 Å². The van der Waals surface area contributed by atoms with Crippen LogP contribution >= 0.6 is 0 Å². The maximum Gasteiger partial charge on any atom is 0.147 e. The third-order valence-electron chi connectivity index (χ3n) is 1.60. The highest BCUT2D eigenvalue weighted by Gasteiger charge is 2.00. The molecule has 0 bridgehead atoms. The van der Waals surface area contributed by atoms with Crippen molar-refractivity contribution in [2.45, 2.75) is 33.1 Å². The highest BCUT2D eigenvalue weighted by atomic mass is 16.1. The first-order valence-corrected chi connectivity index (χ1v) is 4.21. The summed E-state index contributed by atoms with van der Waals surface area (Å²) in [6.45, 7) is 3.99. The molecule has 12 heavy (non-hydrogen) atoms. The molecule has 0 saturated carbocycles. The lowest BCUT2D eigenvalue weighted by Crippen LogP contribution is -1.95. The molecule has 0 unspecified atom stereocenters. The lowest BCUT2D eigenvalue weighted by Gasteiger charge is -2.01. The van der Waals surface area contributed by atoms with Crippen molar-refractivity contribution >= 4 is 12.6 Å². The minimum absolute atomic E-state index is 0.752. The summed E-state index contributed by atoms with van der Waals surface area (Å²) >= 11 is 0. The molecule has 0 aromatic heterocycles. The molecule has 3 nitrogen and oxygen atoms in total. The van der Waals surface area contributed by atoms with Crippen LogP contribution in [0.2, 0.25) is 0 Å². The van der Waals surface area contributed by atoms with Crippen molar-refractivity contribution in [2.24, 2.45) is 10.7 Å². The van der Waals surface area contributed by atoms with E-state index in [9.17, 15) is 4.79 Å². The summed E-state index contributed by atoms with van der Waals surface area (Å²) in [7, 11) is 0. The smallest absolute Gasteiger partial charge is 0.147 e. The number of rotatable bonds is 5. The minimum Gasteiger partial charge on any atom is -0.390 e. The summed E-state index contributed by atoms with van der Waals surface area (Å²) in [5.74, 6) is 0. The molecule has 0 aliphatic rings. The Morgan fingerprint density at radius 1 is 1.50 bits per heavy atom. The summed E-state index contributed by atoms with van der Waals surface area (Å²) in [5, 5.41) is 0. The van der Waals surface area contributed by atoms with Gasteiger partial charge < -0.3 is 5.73 Å². The first-order valence-electron chi connectivity index (χ1n) is 4.21. The Bertz CT molecular complexity index is 195. The van der Waals surface area contributed by atoms with E-state index in [1.807, 2.05) is 13.8 Å². The fraction of sp³-hybridized carbons (Fsp3) is 0.556. The molecule has 0 aromatic carbocycles. The van der Waals surface area contributed by atoms with E-state index in [1.54, 1.807) is 0 Å². The van der Waals surface area contributed by atoms with Gasteiger partial charge in [-0.2, -0.15) is 0 Å². The monoisotopic (exact) mass is 168 g/mol. The maximum absolute atomic E-state index is 10.6. The molecule has 0 spiro atoms. The van der Waals surface area contributed by atoms with E-state index >= 15 is 0 Å². The van der Waals surface area contributed by atoms with Gasteiger partial charge in [0.05, 0.1) is 6.34 Å². The fourth-order valence-corrected chi connectivity index (χ4v) is 1.03. The van der Waals surface area contributed by atoms with Crippen LogP contribution in [0.3, 0.4) is 0 Å². The second-order valence-corrected chi connectivity index (χ2v) is 2.47. The normalized spacial score (nSPS) is 13.2. The number of nitrogens with zero attached hydrogens (tertiary/aromatic N) is 1. The van der Waals surface area contributed by atoms with E-state index < -0.39 is 0 Å². The number of carbonyl (C=O) groups excluding carboxylic acids is 1. The molecule has 0 amide bonds. The number of carbonyl (C=O) groups is 1. The molecule has 0 heterocycles.